The highest BCUT2D eigenvalue weighted by Gasteiger charge is 2.34. The zero-order chi connectivity index (χ0) is 19.7. The third-order valence-corrected chi connectivity index (χ3v) is 7.17. The molecule has 0 aliphatic rings. The molecule has 0 aromatic carbocycles. The van der Waals surface area contributed by atoms with E-state index in [1.165, 1.54) is 38.5 Å². The molecule has 2 N–H and O–H groups in total. The summed E-state index contributed by atoms with van der Waals surface area (Å²) in [6, 6.07) is 0. The molecule has 158 valence electrons. The molecule has 0 fully saturated rings. The van der Waals surface area contributed by atoms with Crippen molar-refractivity contribution in [2.75, 3.05) is 13.2 Å². The van der Waals surface area contributed by atoms with Gasteiger partial charge in [0.15, 0.2) is 0 Å². The Balaban J connectivity index is 4.61. The number of hydrogen-bond acceptors (Lipinski definition) is 4. The summed E-state index contributed by atoms with van der Waals surface area (Å²) in [5, 5.41) is 0. The molecule has 5 heteroatoms. The largest absolute Gasteiger partial charge is 0.347 e. The molecule has 4 nitrogen and oxygen atoms in total. The van der Waals surface area contributed by atoms with Crippen molar-refractivity contribution in [1.82, 2.24) is 0 Å². The Kier molecular flexibility index (Phi) is 17.3. The lowest BCUT2D eigenvalue weighted by Gasteiger charge is -2.27. The van der Waals surface area contributed by atoms with Crippen molar-refractivity contribution in [3.63, 3.8) is 0 Å². The van der Waals surface area contributed by atoms with Crippen molar-refractivity contribution in [2.45, 2.75) is 117 Å². The van der Waals surface area contributed by atoms with Crippen LogP contribution in [0.15, 0.2) is 0 Å². The van der Waals surface area contributed by atoms with Gasteiger partial charge in [-0.3, -0.25) is 4.57 Å². The second kappa shape index (κ2) is 17.2. The fourth-order valence-electron chi connectivity index (χ4n) is 3.12. The third kappa shape index (κ3) is 12.5. The van der Waals surface area contributed by atoms with E-state index in [0.29, 0.717) is 19.1 Å². The monoisotopic (exact) mass is 391 g/mol. The van der Waals surface area contributed by atoms with Crippen LogP contribution in [0.25, 0.3) is 0 Å². The summed E-state index contributed by atoms with van der Waals surface area (Å²) >= 11 is 0. The molecule has 2 atom stereocenters. The maximum atomic E-state index is 13.3. The Hall–Kier alpha value is 0.110. The first-order chi connectivity index (χ1) is 12.5. The number of hydrogen-bond donors (Lipinski definition) is 1. The molecule has 0 radical (unpaired) electrons. The fourth-order valence-corrected chi connectivity index (χ4v) is 4.90. The van der Waals surface area contributed by atoms with Gasteiger partial charge in [-0.15, -0.1) is 0 Å². The van der Waals surface area contributed by atoms with Gasteiger partial charge in [-0.2, -0.15) is 0 Å². The Bertz CT molecular complexity index is 334. The van der Waals surface area contributed by atoms with E-state index < -0.39 is 13.4 Å². The van der Waals surface area contributed by atoms with Crippen molar-refractivity contribution >= 4 is 7.60 Å². The Morgan fingerprint density at radius 3 is 1.69 bits per heavy atom. The van der Waals surface area contributed by atoms with Crippen LogP contribution in [0.5, 0.6) is 0 Å². The van der Waals surface area contributed by atoms with Crippen LogP contribution >= 0.6 is 7.60 Å². The minimum absolute atomic E-state index is 0.492. The summed E-state index contributed by atoms with van der Waals surface area (Å²) in [5.74, 6) is 0.00677. The van der Waals surface area contributed by atoms with E-state index in [1.54, 1.807) is 0 Å². The average Bonchev–Trinajstić information content (AvgIpc) is 2.64. The van der Waals surface area contributed by atoms with E-state index in [9.17, 15) is 4.57 Å². The molecule has 0 aliphatic carbocycles. The van der Waals surface area contributed by atoms with Crippen molar-refractivity contribution in [3.8, 4) is 0 Å². The van der Waals surface area contributed by atoms with E-state index in [-0.39, 0.29) is 0 Å². The lowest BCUT2D eigenvalue weighted by atomic mass is 9.96. The number of unbranched alkanes of at least 4 members (excludes halogenated alkanes) is 7. The average molecular weight is 392 g/mol. The predicted molar refractivity (Wildman–Crippen MR) is 114 cm³/mol. The molecule has 0 aliphatic heterocycles. The van der Waals surface area contributed by atoms with Crippen molar-refractivity contribution in [2.24, 2.45) is 11.7 Å². The summed E-state index contributed by atoms with van der Waals surface area (Å²) < 4.78 is 24.9. The van der Waals surface area contributed by atoms with E-state index in [0.717, 1.165) is 44.9 Å². The van der Waals surface area contributed by atoms with E-state index in [4.69, 9.17) is 14.8 Å². The fraction of sp³-hybridized carbons (Fsp3) is 1.00. The highest BCUT2D eigenvalue weighted by atomic mass is 31.2. The van der Waals surface area contributed by atoms with Crippen molar-refractivity contribution in [1.29, 1.82) is 0 Å². The van der Waals surface area contributed by atoms with Gasteiger partial charge in [-0.25, -0.2) is 0 Å². The molecule has 0 saturated heterocycles. The first-order valence-electron chi connectivity index (χ1n) is 11.2. The highest BCUT2D eigenvalue weighted by Crippen LogP contribution is 2.53. The van der Waals surface area contributed by atoms with Gasteiger partial charge in [0.05, 0.1) is 13.2 Å². The maximum absolute atomic E-state index is 13.3. The van der Waals surface area contributed by atoms with E-state index >= 15 is 0 Å². The summed E-state index contributed by atoms with van der Waals surface area (Å²) in [6.45, 7) is 9.74. The zero-order valence-electron chi connectivity index (χ0n) is 18.0. The molecule has 0 amide bonds. The van der Waals surface area contributed by atoms with Crippen LogP contribution in [-0.2, 0) is 13.6 Å². The molecule has 26 heavy (non-hydrogen) atoms. The van der Waals surface area contributed by atoms with Crippen LogP contribution in [-0.4, -0.2) is 19.0 Å². The molecule has 2 unspecified atom stereocenters. The second-order valence-electron chi connectivity index (χ2n) is 7.55. The van der Waals surface area contributed by atoms with Gasteiger partial charge in [-0.05, 0) is 25.2 Å². The first-order valence-corrected chi connectivity index (χ1v) is 12.8. The van der Waals surface area contributed by atoms with Crippen molar-refractivity contribution < 1.29 is 13.6 Å². The number of rotatable bonds is 19. The smallest absolute Gasteiger partial charge is 0.318 e. The van der Waals surface area contributed by atoms with Crippen LogP contribution in [0, 0.1) is 5.92 Å². The maximum Gasteiger partial charge on any atom is 0.347 e. The van der Waals surface area contributed by atoms with Gasteiger partial charge in [-0.1, -0.05) is 91.9 Å². The molecule has 0 aromatic rings. The second-order valence-corrected chi connectivity index (χ2v) is 9.81. The minimum Gasteiger partial charge on any atom is -0.318 e. The normalized spacial score (nSPS) is 14.5. The van der Waals surface area contributed by atoms with Crippen LogP contribution < -0.4 is 5.73 Å². The number of nitrogens with two attached hydrogens (primary N) is 1. The standard InChI is InChI=1S/C21H46NO3P/c1-5-9-12-14-17-24-26(23,25-18-15-13-10-6-2)21(22)19-20(8-4)16-11-7-3/h20-21H,5-19,22H2,1-4H3. The Morgan fingerprint density at radius 1 is 0.769 bits per heavy atom. The zero-order valence-corrected chi connectivity index (χ0v) is 18.9. The van der Waals surface area contributed by atoms with E-state index in [2.05, 4.69) is 27.7 Å². The third-order valence-electron chi connectivity index (χ3n) is 5.06. The molecule has 0 spiro atoms. The van der Waals surface area contributed by atoms with Crippen molar-refractivity contribution in [3.05, 3.63) is 0 Å². The quantitative estimate of drug-likeness (QED) is 0.186. The van der Waals surface area contributed by atoms with Gasteiger partial charge in [0, 0.05) is 0 Å². The molecule has 0 rings (SSSR count). The SMILES string of the molecule is CCCCCCOP(=O)(OCCCCCC)C(N)CC(CC)CCCC. The van der Waals surface area contributed by atoms with E-state index in [1.807, 2.05) is 0 Å². The minimum atomic E-state index is -3.23. The molecule has 0 heterocycles. The predicted octanol–water partition coefficient (Wildman–Crippen LogP) is 7.26. The van der Waals surface area contributed by atoms with Gasteiger partial charge >= 0.3 is 7.60 Å². The van der Waals surface area contributed by atoms with Gasteiger partial charge in [0.2, 0.25) is 0 Å². The summed E-state index contributed by atoms with van der Waals surface area (Å²) in [5.41, 5.74) is 6.37. The first kappa shape index (κ1) is 26.1. The van der Waals surface area contributed by atoms with Crippen LogP contribution in [0.1, 0.15) is 111 Å². The van der Waals surface area contributed by atoms with Gasteiger partial charge in [0.1, 0.15) is 5.78 Å². The van der Waals surface area contributed by atoms with Crippen LogP contribution in [0.2, 0.25) is 0 Å². The Labute approximate surface area is 163 Å². The molecular weight excluding hydrogens is 345 g/mol. The summed E-state index contributed by atoms with van der Waals surface area (Å²) in [7, 11) is -3.23. The molecule has 0 bridgehead atoms. The van der Waals surface area contributed by atoms with Gasteiger partial charge in [0.25, 0.3) is 0 Å². The Morgan fingerprint density at radius 2 is 1.27 bits per heavy atom. The lowest BCUT2D eigenvalue weighted by Crippen LogP contribution is -2.26. The lowest BCUT2D eigenvalue weighted by molar-refractivity contribution is 0.186. The molecule has 0 saturated carbocycles. The summed E-state index contributed by atoms with van der Waals surface area (Å²) in [6.07, 6.45) is 14.1. The summed E-state index contributed by atoms with van der Waals surface area (Å²) in [4.78, 5) is 0. The molecular formula is C21H46NO3P. The van der Waals surface area contributed by atoms with Gasteiger partial charge < -0.3 is 14.8 Å². The van der Waals surface area contributed by atoms with Crippen LogP contribution in [0.4, 0.5) is 0 Å². The van der Waals surface area contributed by atoms with Crippen LogP contribution in [0.3, 0.4) is 0 Å². The highest BCUT2D eigenvalue weighted by molar-refractivity contribution is 7.54. The topological polar surface area (TPSA) is 61.5 Å². The molecule has 0 aromatic heterocycles.